The molecule has 0 amide bonds. The highest BCUT2D eigenvalue weighted by molar-refractivity contribution is 9.09. The van der Waals surface area contributed by atoms with E-state index in [1.165, 1.54) is 19.3 Å². The van der Waals surface area contributed by atoms with Crippen molar-refractivity contribution in [1.29, 1.82) is 0 Å². The van der Waals surface area contributed by atoms with Crippen molar-refractivity contribution in [2.24, 2.45) is 0 Å². The van der Waals surface area contributed by atoms with E-state index in [0.717, 1.165) is 24.2 Å². The third-order valence-electron chi connectivity index (χ3n) is 3.13. The van der Waals surface area contributed by atoms with Gasteiger partial charge in [0.05, 0.1) is 6.61 Å². The Balaban J connectivity index is 2.10. The standard InChI is InChI=1S/C13H20BrN3O/c1-2-9-18-12-6-7-15-13(16-12)17-8-4-3-5-11(17)10-14/h6-7,11H,2-5,8-10H2,1H3. The first-order valence-corrected chi connectivity index (χ1v) is 7.75. The van der Waals surface area contributed by atoms with Crippen LogP contribution in [0.5, 0.6) is 5.88 Å². The van der Waals surface area contributed by atoms with Crippen molar-refractivity contribution in [3.8, 4) is 5.88 Å². The highest BCUT2D eigenvalue weighted by atomic mass is 79.9. The molecule has 1 aromatic heterocycles. The Bertz CT molecular complexity index is 375. The smallest absolute Gasteiger partial charge is 0.228 e. The van der Waals surface area contributed by atoms with E-state index in [2.05, 4.69) is 37.7 Å². The maximum absolute atomic E-state index is 5.57. The van der Waals surface area contributed by atoms with E-state index < -0.39 is 0 Å². The molecule has 18 heavy (non-hydrogen) atoms. The maximum Gasteiger partial charge on any atom is 0.228 e. The quantitative estimate of drug-likeness (QED) is 0.783. The van der Waals surface area contributed by atoms with E-state index in [-0.39, 0.29) is 0 Å². The van der Waals surface area contributed by atoms with Gasteiger partial charge in [0, 0.05) is 30.2 Å². The summed E-state index contributed by atoms with van der Waals surface area (Å²) in [7, 11) is 0. The van der Waals surface area contributed by atoms with Crippen LogP contribution in [0.25, 0.3) is 0 Å². The summed E-state index contributed by atoms with van der Waals surface area (Å²) < 4.78 is 5.57. The molecular weight excluding hydrogens is 294 g/mol. The summed E-state index contributed by atoms with van der Waals surface area (Å²) in [5.74, 6) is 1.48. The van der Waals surface area contributed by atoms with E-state index in [1.807, 2.05) is 6.07 Å². The molecule has 0 N–H and O–H groups in total. The molecule has 2 rings (SSSR count). The first-order chi connectivity index (χ1) is 8.85. The summed E-state index contributed by atoms with van der Waals surface area (Å²) in [5, 5.41) is 0.969. The monoisotopic (exact) mass is 313 g/mol. The molecule has 5 heteroatoms. The van der Waals surface area contributed by atoms with Crippen LogP contribution in [0.3, 0.4) is 0 Å². The number of alkyl halides is 1. The Morgan fingerprint density at radius 2 is 2.39 bits per heavy atom. The molecule has 1 aliphatic rings. The molecule has 0 saturated carbocycles. The number of piperidine rings is 1. The summed E-state index contributed by atoms with van der Waals surface area (Å²) in [6.45, 7) is 3.83. The second-order valence-electron chi connectivity index (χ2n) is 4.54. The maximum atomic E-state index is 5.57. The minimum Gasteiger partial charge on any atom is -0.478 e. The van der Waals surface area contributed by atoms with Crippen LogP contribution in [0.15, 0.2) is 12.3 Å². The number of halogens is 1. The van der Waals surface area contributed by atoms with Gasteiger partial charge in [-0.15, -0.1) is 0 Å². The number of hydrogen-bond acceptors (Lipinski definition) is 4. The molecule has 100 valence electrons. The lowest BCUT2D eigenvalue weighted by Gasteiger charge is -2.34. The van der Waals surface area contributed by atoms with Crippen molar-refractivity contribution in [1.82, 2.24) is 9.97 Å². The van der Waals surface area contributed by atoms with Gasteiger partial charge in [-0.3, -0.25) is 0 Å². The van der Waals surface area contributed by atoms with E-state index in [0.29, 0.717) is 18.5 Å². The number of ether oxygens (including phenoxy) is 1. The predicted molar refractivity (Wildman–Crippen MR) is 76.6 cm³/mol. The fourth-order valence-corrected chi connectivity index (χ4v) is 2.86. The third kappa shape index (κ3) is 3.34. The molecule has 0 spiro atoms. The van der Waals surface area contributed by atoms with Gasteiger partial charge in [-0.05, 0) is 25.7 Å². The van der Waals surface area contributed by atoms with Crippen molar-refractivity contribution in [3.63, 3.8) is 0 Å². The normalized spacial score (nSPS) is 19.9. The molecule has 0 bridgehead atoms. The number of aromatic nitrogens is 2. The van der Waals surface area contributed by atoms with E-state index in [1.54, 1.807) is 6.20 Å². The lowest BCUT2D eigenvalue weighted by atomic mass is 10.0. The molecule has 1 aliphatic heterocycles. The van der Waals surface area contributed by atoms with Gasteiger partial charge in [0.2, 0.25) is 11.8 Å². The molecule has 1 fully saturated rings. The molecule has 1 unspecified atom stereocenters. The van der Waals surface area contributed by atoms with Crippen LogP contribution in [0.1, 0.15) is 32.6 Å². The van der Waals surface area contributed by atoms with Crippen LogP contribution in [0.2, 0.25) is 0 Å². The summed E-state index contributed by atoms with van der Waals surface area (Å²) >= 11 is 3.58. The summed E-state index contributed by atoms with van der Waals surface area (Å²) in [6, 6.07) is 2.33. The van der Waals surface area contributed by atoms with Crippen LogP contribution in [0.4, 0.5) is 5.95 Å². The molecular formula is C13H20BrN3O. The van der Waals surface area contributed by atoms with Gasteiger partial charge in [-0.2, -0.15) is 4.98 Å². The van der Waals surface area contributed by atoms with Crippen molar-refractivity contribution < 1.29 is 4.74 Å². The van der Waals surface area contributed by atoms with Crippen LogP contribution >= 0.6 is 15.9 Å². The van der Waals surface area contributed by atoms with Gasteiger partial charge < -0.3 is 9.64 Å². The lowest BCUT2D eigenvalue weighted by Crippen LogP contribution is -2.41. The van der Waals surface area contributed by atoms with Gasteiger partial charge >= 0.3 is 0 Å². The van der Waals surface area contributed by atoms with Crippen LogP contribution in [-0.4, -0.2) is 34.5 Å². The lowest BCUT2D eigenvalue weighted by molar-refractivity contribution is 0.304. The van der Waals surface area contributed by atoms with Crippen molar-refractivity contribution in [2.75, 3.05) is 23.4 Å². The minimum absolute atomic E-state index is 0.500. The first-order valence-electron chi connectivity index (χ1n) is 6.63. The molecule has 1 saturated heterocycles. The number of nitrogens with zero attached hydrogens (tertiary/aromatic N) is 3. The SMILES string of the molecule is CCCOc1ccnc(N2CCCCC2CBr)n1. The summed E-state index contributed by atoms with van der Waals surface area (Å²) in [5.41, 5.74) is 0. The fraction of sp³-hybridized carbons (Fsp3) is 0.692. The Labute approximate surface area is 117 Å². The number of anilines is 1. The van der Waals surface area contributed by atoms with Gasteiger partial charge in [-0.1, -0.05) is 22.9 Å². The zero-order valence-electron chi connectivity index (χ0n) is 10.8. The van der Waals surface area contributed by atoms with Crippen molar-refractivity contribution in [2.45, 2.75) is 38.6 Å². The average molecular weight is 314 g/mol. The topological polar surface area (TPSA) is 38.2 Å². The predicted octanol–water partition coefficient (Wildman–Crippen LogP) is 3.02. The van der Waals surface area contributed by atoms with Gasteiger partial charge in [0.25, 0.3) is 0 Å². The second-order valence-corrected chi connectivity index (χ2v) is 5.19. The minimum atomic E-state index is 0.500. The van der Waals surface area contributed by atoms with Crippen molar-refractivity contribution >= 4 is 21.9 Å². The van der Waals surface area contributed by atoms with E-state index in [4.69, 9.17) is 4.74 Å². The molecule has 1 aromatic rings. The Morgan fingerprint density at radius 3 is 3.17 bits per heavy atom. The van der Waals surface area contributed by atoms with E-state index >= 15 is 0 Å². The Morgan fingerprint density at radius 1 is 1.50 bits per heavy atom. The highest BCUT2D eigenvalue weighted by Crippen LogP contribution is 2.24. The molecule has 0 aliphatic carbocycles. The average Bonchev–Trinajstić information content (AvgIpc) is 2.45. The van der Waals surface area contributed by atoms with Gasteiger partial charge in [0.15, 0.2) is 0 Å². The summed E-state index contributed by atoms with van der Waals surface area (Å²) in [4.78, 5) is 11.2. The van der Waals surface area contributed by atoms with Crippen LogP contribution < -0.4 is 9.64 Å². The largest absolute Gasteiger partial charge is 0.478 e. The van der Waals surface area contributed by atoms with Crippen molar-refractivity contribution in [3.05, 3.63) is 12.3 Å². The Kier molecular flexibility index (Phi) is 5.23. The first kappa shape index (κ1) is 13.6. The highest BCUT2D eigenvalue weighted by Gasteiger charge is 2.23. The van der Waals surface area contributed by atoms with E-state index in [9.17, 15) is 0 Å². The molecule has 4 nitrogen and oxygen atoms in total. The Hall–Kier alpha value is -0.840. The second kappa shape index (κ2) is 6.92. The zero-order chi connectivity index (χ0) is 12.8. The van der Waals surface area contributed by atoms with Crippen LogP contribution in [0, 0.1) is 0 Å². The molecule has 1 atom stereocenters. The van der Waals surface area contributed by atoms with Crippen LogP contribution in [-0.2, 0) is 0 Å². The number of rotatable bonds is 5. The zero-order valence-corrected chi connectivity index (χ0v) is 12.4. The number of hydrogen-bond donors (Lipinski definition) is 0. The molecule has 0 aromatic carbocycles. The molecule has 0 radical (unpaired) electrons. The summed E-state index contributed by atoms with van der Waals surface area (Å²) in [6.07, 6.45) is 6.49. The molecule has 2 heterocycles. The third-order valence-corrected chi connectivity index (χ3v) is 3.88. The fourth-order valence-electron chi connectivity index (χ4n) is 2.18. The van der Waals surface area contributed by atoms with Gasteiger partial charge in [-0.25, -0.2) is 4.98 Å². The van der Waals surface area contributed by atoms with Gasteiger partial charge in [0.1, 0.15) is 0 Å².